The molecule has 1 aromatic carbocycles. The van der Waals surface area contributed by atoms with Crippen LogP contribution in [0.5, 0.6) is 0 Å². The summed E-state index contributed by atoms with van der Waals surface area (Å²) in [5.74, 6) is 0. The van der Waals surface area contributed by atoms with E-state index in [9.17, 15) is 0 Å². The molecule has 2 N–H and O–H groups in total. The van der Waals surface area contributed by atoms with Gasteiger partial charge in [-0.2, -0.15) is 0 Å². The van der Waals surface area contributed by atoms with E-state index in [1.54, 1.807) is 0 Å². The molecule has 4 heteroatoms. The number of hydrogen-bond acceptors (Lipinski definition) is 3. The van der Waals surface area contributed by atoms with E-state index in [1.165, 1.54) is 6.42 Å². The number of halogens is 1. The highest BCUT2D eigenvalue weighted by molar-refractivity contribution is 6.31. The molecule has 1 fully saturated rings. The minimum absolute atomic E-state index is 0.132. The van der Waals surface area contributed by atoms with Crippen molar-refractivity contribution in [3.8, 4) is 0 Å². The first-order valence-electron chi connectivity index (χ1n) is 6.93. The van der Waals surface area contributed by atoms with Crippen LogP contribution in [0.15, 0.2) is 18.2 Å². The molecule has 1 saturated heterocycles. The monoisotopic (exact) mass is 282 g/mol. The number of nitrogens with zero attached hydrogens (tertiary/aromatic N) is 1. The molecule has 0 spiro atoms. The van der Waals surface area contributed by atoms with Crippen LogP contribution in [0.1, 0.15) is 25.3 Å². The quantitative estimate of drug-likeness (QED) is 0.902. The molecule has 1 heterocycles. The fourth-order valence-corrected chi connectivity index (χ4v) is 2.74. The van der Waals surface area contributed by atoms with Gasteiger partial charge in [0.05, 0.1) is 6.10 Å². The van der Waals surface area contributed by atoms with Gasteiger partial charge in [0.1, 0.15) is 0 Å². The maximum Gasteiger partial charge on any atom is 0.0750 e. The van der Waals surface area contributed by atoms with Crippen molar-refractivity contribution in [3.05, 3.63) is 28.8 Å². The number of benzene rings is 1. The van der Waals surface area contributed by atoms with Crippen LogP contribution in [0, 0.1) is 0 Å². The van der Waals surface area contributed by atoms with Crippen LogP contribution < -0.4 is 10.6 Å². The normalized spacial score (nSPS) is 20.5. The SMILES string of the molecule is CC(N)Cc1ccc(N(C)CC2CCCO2)cc1Cl. The summed E-state index contributed by atoms with van der Waals surface area (Å²) in [6.07, 6.45) is 3.50. The zero-order chi connectivity index (χ0) is 13.8. The molecule has 1 aliphatic rings. The molecule has 0 aromatic heterocycles. The molecule has 3 nitrogen and oxygen atoms in total. The predicted molar refractivity (Wildman–Crippen MR) is 81.0 cm³/mol. The van der Waals surface area contributed by atoms with Gasteiger partial charge in [-0.05, 0) is 43.9 Å². The van der Waals surface area contributed by atoms with Crippen molar-refractivity contribution in [2.75, 3.05) is 25.1 Å². The number of hydrogen-bond donors (Lipinski definition) is 1. The predicted octanol–water partition coefficient (Wildman–Crippen LogP) is 2.84. The standard InChI is InChI=1S/C15H23ClN2O/c1-11(17)8-12-5-6-13(9-15(12)16)18(2)10-14-4-3-7-19-14/h5-6,9,11,14H,3-4,7-8,10,17H2,1-2H3. The Morgan fingerprint density at radius 1 is 1.53 bits per heavy atom. The van der Waals surface area contributed by atoms with E-state index in [1.807, 2.05) is 13.0 Å². The third-order valence-corrected chi connectivity index (χ3v) is 3.87. The molecule has 19 heavy (non-hydrogen) atoms. The zero-order valence-electron chi connectivity index (χ0n) is 11.7. The molecule has 0 bridgehead atoms. The summed E-state index contributed by atoms with van der Waals surface area (Å²) in [4.78, 5) is 2.21. The van der Waals surface area contributed by atoms with Gasteiger partial charge in [0.25, 0.3) is 0 Å². The summed E-state index contributed by atoms with van der Waals surface area (Å²) in [5.41, 5.74) is 8.06. The number of likely N-dealkylation sites (N-methyl/N-ethyl adjacent to an activating group) is 1. The van der Waals surface area contributed by atoms with Crippen LogP contribution >= 0.6 is 11.6 Å². The molecule has 0 amide bonds. The molecule has 2 atom stereocenters. The summed E-state index contributed by atoms with van der Waals surface area (Å²) < 4.78 is 5.66. The second kappa shape index (κ2) is 6.60. The average molecular weight is 283 g/mol. The molecule has 106 valence electrons. The summed E-state index contributed by atoms with van der Waals surface area (Å²) in [6, 6.07) is 6.34. The van der Waals surface area contributed by atoms with E-state index < -0.39 is 0 Å². The highest BCUT2D eigenvalue weighted by atomic mass is 35.5. The lowest BCUT2D eigenvalue weighted by Crippen LogP contribution is -2.28. The van der Waals surface area contributed by atoms with Gasteiger partial charge in [0, 0.05) is 37.0 Å². The Hall–Kier alpha value is -0.770. The first-order chi connectivity index (χ1) is 9.06. The first kappa shape index (κ1) is 14.6. The highest BCUT2D eigenvalue weighted by Crippen LogP contribution is 2.25. The molecule has 1 aromatic rings. The van der Waals surface area contributed by atoms with Gasteiger partial charge < -0.3 is 15.4 Å². The molecule has 1 aliphatic heterocycles. The van der Waals surface area contributed by atoms with Crippen molar-refractivity contribution in [2.24, 2.45) is 5.73 Å². The minimum atomic E-state index is 0.132. The molecule has 0 aliphatic carbocycles. The molecule has 0 radical (unpaired) electrons. The molecule has 2 rings (SSSR count). The second-order valence-corrected chi connectivity index (χ2v) is 5.88. The smallest absolute Gasteiger partial charge is 0.0750 e. The zero-order valence-corrected chi connectivity index (χ0v) is 12.5. The average Bonchev–Trinajstić information content (AvgIpc) is 2.84. The summed E-state index contributed by atoms with van der Waals surface area (Å²) >= 11 is 6.32. The topological polar surface area (TPSA) is 38.5 Å². The lowest BCUT2D eigenvalue weighted by atomic mass is 10.1. The molecule has 2 unspecified atom stereocenters. The van der Waals surface area contributed by atoms with Crippen LogP contribution in [0.3, 0.4) is 0 Å². The van der Waals surface area contributed by atoms with Crippen LogP contribution in [-0.4, -0.2) is 32.3 Å². The Morgan fingerprint density at radius 3 is 2.89 bits per heavy atom. The van der Waals surface area contributed by atoms with Crippen LogP contribution in [-0.2, 0) is 11.2 Å². The van der Waals surface area contributed by atoms with Crippen molar-refractivity contribution in [2.45, 2.75) is 38.3 Å². The van der Waals surface area contributed by atoms with Crippen molar-refractivity contribution in [1.29, 1.82) is 0 Å². The van der Waals surface area contributed by atoms with E-state index in [0.29, 0.717) is 6.10 Å². The van der Waals surface area contributed by atoms with E-state index in [-0.39, 0.29) is 6.04 Å². The van der Waals surface area contributed by atoms with Crippen molar-refractivity contribution >= 4 is 17.3 Å². The lowest BCUT2D eigenvalue weighted by Gasteiger charge is -2.23. The minimum Gasteiger partial charge on any atom is -0.376 e. The molecular weight excluding hydrogens is 260 g/mol. The second-order valence-electron chi connectivity index (χ2n) is 5.47. The number of anilines is 1. The third kappa shape index (κ3) is 4.10. The number of ether oxygens (including phenoxy) is 1. The van der Waals surface area contributed by atoms with E-state index in [0.717, 1.165) is 42.3 Å². The maximum atomic E-state index is 6.32. The Morgan fingerprint density at radius 2 is 2.32 bits per heavy atom. The number of rotatable bonds is 5. The summed E-state index contributed by atoms with van der Waals surface area (Å²) in [7, 11) is 2.08. The van der Waals surface area contributed by atoms with E-state index >= 15 is 0 Å². The van der Waals surface area contributed by atoms with Crippen LogP contribution in [0.2, 0.25) is 5.02 Å². The lowest BCUT2D eigenvalue weighted by molar-refractivity contribution is 0.116. The number of nitrogens with two attached hydrogens (primary N) is 1. The highest BCUT2D eigenvalue weighted by Gasteiger charge is 2.18. The Kier molecular flexibility index (Phi) is 5.08. The third-order valence-electron chi connectivity index (χ3n) is 3.52. The van der Waals surface area contributed by atoms with Gasteiger partial charge in [-0.15, -0.1) is 0 Å². The Labute approximate surface area is 120 Å². The summed E-state index contributed by atoms with van der Waals surface area (Å²) in [5, 5.41) is 0.800. The van der Waals surface area contributed by atoms with Crippen LogP contribution in [0.25, 0.3) is 0 Å². The summed E-state index contributed by atoms with van der Waals surface area (Å²) in [6.45, 7) is 3.81. The first-order valence-corrected chi connectivity index (χ1v) is 7.31. The van der Waals surface area contributed by atoms with Gasteiger partial charge >= 0.3 is 0 Å². The largest absolute Gasteiger partial charge is 0.376 e. The van der Waals surface area contributed by atoms with Gasteiger partial charge in [-0.1, -0.05) is 17.7 Å². The Bertz CT molecular complexity index is 417. The van der Waals surface area contributed by atoms with Gasteiger partial charge in [-0.3, -0.25) is 0 Å². The molecule has 0 saturated carbocycles. The maximum absolute atomic E-state index is 6.32. The van der Waals surface area contributed by atoms with Crippen molar-refractivity contribution in [1.82, 2.24) is 0 Å². The van der Waals surface area contributed by atoms with E-state index in [2.05, 4.69) is 24.1 Å². The molecular formula is C15H23ClN2O. The van der Waals surface area contributed by atoms with Crippen molar-refractivity contribution in [3.63, 3.8) is 0 Å². The van der Waals surface area contributed by atoms with E-state index in [4.69, 9.17) is 22.1 Å². The van der Waals surface area contributed by atoms with Crippen molar-refractivity contribution < 1.29 is 4.74 Å². The van der Waals surface area contributed by atoms with Crippen LogP contribution in [0.4, 0.5) is 5.69 Å². The fourth-order valence-electron chi connectivity index (χ4n) is 2.49. The van der Waals surface area contributed by atoms with Gasteiger partial charge in [0.15, 0.2) is 0 Å². The van der Waals surface area contributed by atoms with Gasteiger partial charge in [-0.25, -0.2) is 0 Å². The Balaban J connectivity index is 2.01. The van der Waals surface area contributed by atoms with Gasteiger partial charge in [0.2, 0.25) is 0 Å². The fraction of sp³-hybridized carbons (Fsp3) is 0.600.